The molecule has 1 N–H and O–H groups in total. The lowest BCUT2D eigenvalue weighted by Gasteiger charge is -2.13. The SMILES string of the molecule is CNCc1cc(Br)ccc1OCc1cccnc1OC. The molecule has 0 fully saturated rings. The molecule has 0 saturated carbocycles. The van der Waals surface area contributed by atoms with E-state index in [2.05, 4.69) is 26.2 Å². The van der Waals surface area contributed by atoms with Crippen LogP contribution in [0.4, 0.5) is 0 Å². The molecule has 0 aliphatic rings. The Balaban J connectivity index is 2.14. The minimum atomic E-state index is 0.426. The molecule has 1 aromatic heterocycles. The number of rotatable bonds is 6. The molecule has 0 amide bonds. The van der Waals surface area contributed by atoms with Crippen LogP contribution in [0.1, 0.15) is 11.1 Å². The lowest BCUT2D eigenvalue weighted by atomic mass is 10.2. The van der Waals surface area contributed by atoms with Crippen molar-refractivity contribution in [2.45, 2.75) is 13.2 Å². The van der Waals surface area contributed by atoms with Crippen molar-refractivity contribution in [3.05, 3.63) is 52.1 Å². The third kappa shape index (κ3) is 3.71. The van der Waals surface area contributed by atoms with Crippen LogP contribution >= 0.6 is 15.9 Å². The zero-order valence-electron chi connectivity index (χ0n) is 11.5. The number of hydrogen-bond acceptors (Lipinski definition) is 4. The average Bonchev–Trinajstić information content (AvgIpc) is 2.47. The highest BCUT2D eigenvalue weighted by molar-refractivity contribution is 9.10. The summed E-state index contributed by atoms with van der Waals surface area (Å²) < 4.78 is 12.1. The number of ether oxygens (including phenoxy) is 2. The Bertz CT molecular complexity index is 576. The fourth-order valence-corrected chi connectivity index (χ4v) is 2.30. The number of halogens is 1. The summed E-state index contributed by atoms with van der Waals surface area (Å²) in [5, 5.41) is 3.13. The number of benzene rings is 1. The highest BCUT2D eigenvalue weighted by Gasteiger charge is 2.07. The summed E-state index contributed by atoms with van der Waals surface area (Å²) in [5.41, 5.74) is 2.03. The van der Waals surface area contributed by atoms with Crippen molar-refractivity contribution in [3.63, 3.8) is 0 Å². The molecule has 0 unspecified atom stereocenters. The highest BCUT2D eigenvalue weighted by atomic mass is 79.9. The van der Waals surface area contributed by atoms with Crippen LogP contribution in [-0.4, -0.2) is 19.1 Å². The molecule has 1 aromatic carbocycles. The standard InChI is InChI=1S/C15H17BrN2O2/c1-17-9-12-8-13(16)5-6-14(12)20-10-11-4-3-7-18-15(11)19-2/h3-8,17H,9-10H2,1-2H3. The number of methoxy groups -OCH3 is 1. The van der Waals surface area contributed by atoms with Gasteiger partial charge >= 0.3 is 0 Å². The van der Waals surface area contributed by atoms with Gasteiger partial charge in [0.25, 0.3) is 0 Å². The molecule has 4 nitrogen and oxygen atoms in total. The topological polar surface area (TPSA) is 43.4 Å². The third-order valence-electron chi connectivity index (χ3n) is 2.82. The summed E-state index contributed by atoms with van der Waals surface area (Å²) in [4.78, 5) is 4.16. The van der Waals surface area contributed by atoms with E-state index in [1.165, 1.54) is 0 Å². The Labute approximate surface area is 127 Å². The fourth-order valence-electron chi connectivity index (χ4n) is 1.89. The molecule has 0 atom stereocenters. The Kier molecular flexibility index (Phi) is 5.38. The van der Waals surface area contributed by atoms with Crippen molar-refractivity contribution < 1.29 is 9.47 Å². The third-order valence-corrected chi connectivity index (χ3v) is 3.31. The Morgan fingerprint density at radius 2 is 2.10 bits per heavy atom. The molecule has 5 heteroatoms. The van der Waals surface area contributed by atoms with Gasteiger partial charge in [-0.15, -0.1) is 0 Å². The van der Waals surface area contributed by atoms with Gasteiger partial charge in [-0.05, 0) is 37.4 Å². The molecule has 0 aliphatic heterocycles. The molecule has 2 rings (SSSR count). The molecular formula is C15H17BrN2O2. The Hall–Kier alpha value is -1.59. The van der Waals surface area contributed by atoms with Gasteiger partial charge in [0.2, 0.25) is 5.88 Å². The predicted molar refractivity (Wildman–Crippen MR) is 82.0 cm³/mol. The van der Waals surface area contributed by atoms with Gasteiger partial charge in [0.1, 0.15) is 12.4 Å². The number of aromatic nitrogens is 1. The number of pyridine rings is 1. The summed E-state index contributed by atoms with van der Waals surface area (Å²) in [7, 11) is 3.52. The molecule has 106 valence electrons. The van der Waals surface area contributed by atoms with Crippen LogP contribution in [0.15, 0.2) is 41.0 Å². The summed E-state index contributed by atoms with van der Waals surface area (Å²) in [6, 6.07) is 9.79. The fraction of sp³-hybridized carbons (Fsp3) is 0.267. The first-order chi connectivity index (χ1) is 9.74. The summed E-state index contributed by atoms with van der Waals surface area (Å²) >= 11 is 3.47. The Morgan fingerprint density at radius 1 is 1.25 bits per heavy atom. The first-order valence-corrected chi connectivity index (χ1v) is 7.07. The molecule has 0 radical (unpaired) electrons. The van der Waals surface area contributed by atoms with Crippen molar-refractivity contribution in [2.75, 3.05) is 14.2 Å². The minimum absolute atomic E-state index is 0.426. The predicted octanol–water partition coefficient (Wildman–Crippen LogP) is 3.15. The molecule has 0 aliphatic carbocycles. The average molecular weight is 337 g/mol. The zero-order valence-corrected chi connectivity index (χ0v) is 13.1. The highest BCUT2D eigenvalue weighted by Crippen LogP contribution is 2.25. The van der Waals surface area contributed by atoms with Gasteiger partial charge in [0.15, 0.2) is 0 Å². The second kappa shape index (κ2) is 7.26. The smallest absolute Gasteiger partial charge is 0.219 e. The second-order valence-electron chi connectivity index (χ2n) is 4.24. The van der Waals surface area contributed by atoms with Crippen LogP contribution in [0.2, 0.25) is 0 Å². The second-order valence-corrected chi connectivity index (χ2v) is 5.16. The number of hydrogen-bond donors (Lipinski definition) is 1. The molecule has 0 spiro atoms. The van der Waals surface area contributed by atoms with Crippen LogP contribution < -0.4 is 14.8 Å². The lowest BCUT2D eigenvalue weighted by molar-refractivity contribution is 0.290. The Morgan fingerprint density at radius 3 is 2.85 bits per heavy atom. The number of nitrogens with one attached hydrogen (secondary N) is 1. The van der Waals surface area contributed by atoms with Gasteiger partial charge in [-0.1, -0.05) is 15.9 Å². The normalized spacial score (nSPS) is 10.3. The van der Waals surface area contributed by atoms with Gasteiger partial charge in [0, 0.05) is 22.8 Å². The van der Waals surface area contributed by atoms with Gasteiger partial charge in [0.05, 0.1) is 12.7 Å². The maximum atomic E-state index is 5.89. The van der Waals surface area contributed by atoms with Gasteiger partial charge < -0.3 is 14.8 Å². The van der Waals surface area contributed by atoms with Crippen molar-refractivity contribution in [3.8, 4) is 11.6 Å². The van der Waals surface area contributed by atoms with Crippen LogP contribution in [-0.2, 0) is 13.2 Å². The van der Waals surface area contributed by atoms with Crippen LogP contribution in [0.25, 0.3) is 0 Å². The maximum Gasteiger partial charge on any atom is 0.219 e. The van der Waals surface area contributed by atoms with E-state index in [0.29, 0.717) is 12.5 Å². The van der Waals surface area contributed by atoms with E-state index in [4.69, 9.17) is 9.47 Å². The van der Waals surface area contributed by atoms with Crippen LogP contribution in [0, 0.1) is 0 Å². The van der Waals surface area contributed by atoms with E-state index in [-0.39, 0.29) is 0 Å². The minimum Gasteiger partial charge on any atom is -0.488 e. The molecule has 2 aromatic rings. The largest absolute Gasteiger partial charge is 0.488 e. The van der Waals surface area contributed by atoms with Gasteiger partial charge in [-0.25, -0.2) is 4.98 Å². The van der Waals surface area contributed by atoms with Crippen LogP contribution in [0.3, 0.4) is 0 Å². The molecular weight excluding hydrogens is 320 g/mol. The van der Waals surface area contributed by atoms with E-state index in [1.54, 1.807) is 13.3 Å². The monoisotopic (exact) mass is 336 g/mol. The zero-order chi connectivity index (χ0) is 14.4. The van der Waals surface area contributed by atoms with E-state index in [9.17, 15) is 0 Å². The maximum absolute atomic E-state index is 5.89. The molecule has 1 heterocycles. The quantitative estimate of drug-likeness (QED) is 0.879. The van der Waals surface area contributed by atoms with E-state index < -0.39 is 0 Å². The molecule has 20 heavy (non-hydrogen) atoms. The summed E-state index contributed by atoms with van der Waals surface area (Å²) in [6.07, 6.45) is 1.70. The van der Waals surface area contributed by atoms with E-state index >= 15 is 0 Å². The van der Waals surface area contributed by atoms with E-state index in [1.807, 2.05) is 37.4 Å². The summed E-state index contributed by atoms with van der Waals surface area (Å²) in [5.74, 6) is 1.45. The first-order valence-electron chi connectivity index (χ1n) is 6.28. The van der Waals surface area contributed by atoms with Crippen molar-refractivity contribution >= 4 is 15.9 Å². The lowest BCUT2D eigenvalue weighted by Crippen LogP contribution is -2.08. The van der Waals surface area contributed by atoms with Crippen LogP contribution in [0.5, 0.6) is 11.6 Å². The van der Waals surface area contributed by atoms with Crippen molar-refractivity contribution in [1.29, 1.82) is 0 Å². The summed E-state index contributed by atoms with van der Waals surface area (Å²) in [6.45, 7) is 1.17. The molecule has 0 bridgehead atoms. The van der Waals surface area contributed by atoms with E-state index in [0.717, 1.165) is 27.9 Å². The van der Waals surface area contributed by atoms with Gasteiger partial charge in [-0.3, -0.25) is 0 Å². The molecule has 0 saturated heterocycles. The van der Waals surface area contributed by atoms with Gasteiger partial charge in [-0.2, -0.15) is 0 Å². The first kappa shape index (κ1) is 14.8. The number of nitrogens with zero attached hydrogens (tertiary/aromatic N) is 1. The van der Waals surface area contributed by atoms with Crippen molar-refractivity contribution in [2.24, 2.45) is 0 Å². The van der Waals surface area contributed by atoms with Crippen molar-refractivity contribution in [1.82, 2.24) is 10.3 Å².